The van der Waals surface area contributed by atoms with Gasteiger partial charge in [0.2, 0.25) is 5.91 Å². The van der Waals surface area contributed by atoms with Crippen molar-refractivity contribution >= 4 is 23.9 Å². The number of nitrogen functional groups attached to an aromatic ring is 1. The molecule has 0 radical (unpaired) electrons. The lowest BCUT2D eigenvalue weighted by Gasteiger charge is -2.25. The maximum Gasteiger partial charge on any atom is 0.410 e. The highest BCUT2D eigenvalue weighted by atomic mass is 16.6. The van der Waals surface area contributed by atoms with E-state index in [-0.39, 0.29) is 12.0 Å². The average molecular weight is 372 g/mol. The zero-order valence-electron chi connectivity index (χ0n) is 16.1. The first-order chi connectivity index (χ1) is 12.7. The first kappa shape index (κ1) is 19.2. The molecule has 0 aromatic carbocycles. The smallest absolute Gasteiger partial charge is 0.410 e. The minimum absolute atomic E-state index is 0.118. The number of piperidine rings is 1. The number of carbonyl (C=O) groups excluding carboxylic acids is 2. The van der Waals surface area contributed by atoms with E-state index >= 15 is 0 Å². The van der Waals surface area contributed by atoms with Crippen molar-refractivity contribution in [1.29, 1.82) is 0 Å². The van der Waals surface area contributed by atoms with Gasteiger partial charge in [-0.1, -0.05) is 0 Å². The molecule has 2 heterocycles. The molecule has 1 aliphatic carbocycles. The Morgan fingerprint density at radius 1 is 1.33 bits per heavy atom. The van der Waals surface area contributed by atoms with Gasteiger partial charge in [0.25, 0.3) is 0 Å². The number of hydrogen-bond acceptors (Lipinski definition) is 5. The van der Waals surface area contributed by atoms with Crippen molar-refractivity contribution in [3.8, 4) is 0 Å². The SMILES string of the molecule is CC(C)(C)OC(=O)N1C[C@@H]2C(CCNC(=O)/C=C/c3ccc(N)nc3)[C@@H]2C1. The van der Waals surface area contributed by atoms with Crippen LogP contribution in [0.25, 0.3) is 6.08 Å². The lowest BCUT2D eigenvalue weighted by Crippen LogP contribution is -2.37. The Kier molecular flexibility index (Phi) is 5.39. The van der Waals surface area contributed by atoms with Crippen molar-refractivity contribution in [3.63, 3.8) is 0 Å². The van der Waals surface area contributed by atoms with Gasteiger partial charge in [-0.3, -0.25) is 4.79 Å². The molecule has 1 saturated heterocycles. The van der Waals surface area contributed by atoms with Crippen LogP contribution >= 0.6 is 0 Å². The molecular weight excluding hydrogens is 344 g/mol. The molecule has 0 spiro atoms. The fraction of sp³-hybridized carbons (Fsp3) is 0.550. The van der Waals surface area contributed by atoms with Gasteiger partial charge in [0.05, 0.1) is 0 Å². The van der Waals surface area contributed by atoms with Crippen molar-refractivity contribution in [2.24, 2.45) is 17.8 Å². The summed E-state index contributed by atoms with van der Waals surface area (Å²) in [5.41, 5.74) is 5.91. The van der Waals surface area contributed by atoms with Crippen LogP contribution < -0.4 is 11.1 Å². The second-order valence-electron chi connectivity index (χ2n) is 8.31. The monoisotopic (exact) mass is 372 g/mol. The van der Waals surface area contributed by atoms with Crippen LogP contribution in [0.5, 0.6) is 0 Å². The molecule has 0 bridgehead atoms. The highest BCUT2D eigenvalue weighted by Crippen LogP contribution is 2.53. The van der Waals surface area contributed by atoms with E-state index in [4.69, 9.17) is 10.5 Å². The number of rotatable bonds is 5. The second kappa shape index (κ2) is 7.58. The number of nitrogens with one attached hydrogen (secondary N) is 1. The maximum absolute atomic E-state index is 12.1. The van der Waals surface area contributed by atoms with Gasteiger partial charge in [0.1, 0.15) is 11.4 Å². The number of fused-ring (bicyclic) bond motifs is 1. The van der Waals surface area contributed by atoms with E-state index in [9.17, 15) is 9.59 Å². The molecule has 1 saturated carbocycles. The molecule has 2 fully saturated rings. The number of amides is 2. The molecule has 7 nitrogen and oxygen atoms in total. The Morgan fingerprint density at radius 2 is 2.04 bits per heavy atom. The zero-order valence-corrected chi connectivity index (χ0v) is 16.1. The first-order valence-corrected chi connectivity index (χ1v) is 9.38. The third kappa shape index (κ3) is 5.21. The highest BCUT2D eigenvalue weighted by Gasteiger charge is 2.56. The molecule has 7 heteroatoms. The Balaban J connectivity index is 1.33. The summed E-state index contributed by atoms with van der Waals surface area (Å²) in [6.07, 6.45) is 5.57. The molecule has 27 heavy (non-hydrogen) atoms. The van der Waals surface area contributed by atoms with Crippen LogP contribution in [-0.2, 0) is 9.53 Å². The topological polar surface area (TPSA) is 97.5 Å². The number of hydrogen-bond donors (Lipinski definition) is 2. The van der Waals surface area contributed by atoms with Crippen LogP contribution in [0, 0.1) is 17.8 Å². The average Bonchev–Trinajstić information content (AvgIpc) is 3.02. The van der Waals surface area contributed by atoms with E-state index in [0.717, 1.165) is 25.1 Å². The predicted octanol–water partition coefficient (Wildman–Crippen LogP) is 2.30. The molecule has 3 atom stereocenters. The molecule has 1 unspecified atom stereocenters. The molecule has 3 rings (SSSR count). The van der Waals surface area contributed by atoms with Gasteiger partial charge in [-0.2, -0.15) is 0 Å². The molecule has 1 aromatic heterocycles. The fourth-order valence-corrected chi connectivity index (χ4v) is 3.66. The number of likely N-dealkylation sites (tertiary alicyclic amines) is 1. The van der Waals surface area contributed by atoms with E-state index in [1.807, 2.05) is 26.8 Å². The Bertz CT molecular complexity index is 712. The molecule has 3 N–H and O–H groups in total. The number of aromatic nitrogens is 1. The van der Waals surface area contributed by atoms with Gasteiger partial charge in [-0.05, 0) is 68.7 Å². The van der Waals surface area contributed by atoms with Crippen LogP contribution in [0.3, 0.4) is 0 Å². The normalized spacial score (nSPS) is 24.0. The van der Waals surface area contributed by atoms with Crippen molar-refractivity contribution < 1.29 is 14.3 Å². The molecule has 2 aliphatic rings. The van der Waals surface area contributed by atoms with Crippen molar-refractivity contribution in [3.05, 3.63) is 30.0 Å². The third-order valence-corrected chi connectivity index (χ3v) is 5.04. The number of nitrogens with two attached hydrogens (primary N) is 1. The highest BCUT2D eigenvalue weighted by molar-refractivity contribution is 5.91. The van der Waals surface area contributed by atoms with Crippen LogP contribution in [0.1, 0.15) is 32.8 Å². The fourth-order valence-electron chi connectivity index (χ4n) is 3.66. The number of carbonyl (C=O) groups is 2. The van der Waals surface area contributed by atoms with Crippen LogP contribution in [0.2, 0.25) is 0 Å². The largest absolute Gasteiger partial charge is 0.444 e. The summed E-state index contributed by atoms with van der Waals surface area (Å²) in [4.78, 5) is 29.7. The Hall–Kier alpha value is -2.57. The van der Waals surface area contributed by atoms with Crippen LogP contribution in [-0.4, -0.2) is 47.1 Å². The van der Waals surface area contributed by atoms with Gasteiger partial charge in [-0.25, -0.2) is 9.78 Å². The maximum atomic E-state index is 12.1. The summed E-state index contributed by atoms with van der Waals surface area (Å²) in [5, 5.41) is 2.91. The van der Waals surface area contributed by atoms with Crippen molar-refractivity contribution in [2.45, 2.75) is 32.8 Å². The van der Waals surface area contributed by atoms with E-state index < -0.39 is 5.60 Å². The Morgan fingerprint density at radius 3 is 2.63 bits per heavy atom. The molecule has 1 aliphatic heterocycles. The summed E-state index contributed by atoms with van der Waals surface area (Å²) in [6.45, 7) is 7.82. The van der Waals surface area contributed by atoms with Crippen molar-refractivity contribution in [1.82, 2.24) is 15.2 Å². The van der Waals surface area contributed by atoms with E-state index in [0.29, 0.717) is 30.1 Å². The molecule has 146 valence electrons. The van der Waals surface area contributed by atoms with Gasteiger partial charge in [0.15, 0.2) is 0 Å². The van der Waals surface area contributed by atoms with Gasteiger partial charge >= 0.3 is 6.09 Å². The summed E-state index contributed by atoms with van der Waals surface area (Å²) >= 11 is 0. The van der Waals surface area contributed by atoms with Gasteiger partial charge in [0, 0.05) is 31.9 Å². The third-order valence-electron chi connectivity index (χ3n) is 5.04. The van der Waals surface area contributed by atoms with E-state index in [1.165, 1.54) is 6.08 Å². The molecule has 2 amide bonds. The predicted molar refractivity (Wildman–Crippen MR) is 104 cm³/mol. The number of nitrogens with zero attached hydrogens (tertiary/aromatic N) is 2. The quantitative estimate of drug-likeness (QED) is 0.773. The zero-order chi connectivity index (χ0) is 19.6. The lowest BCUT2D eigenvalue weighted by molar-refractivity contribution is -0.116. The standard InChI is InChI=1S/C20H28N4O3/c1-20(2,3)27-19(26)24-11-15-14(16(15)12-24)8-9-22-18(25)7-5-13-4-6-17(21)23-10-13/h4-7,10,14-16H,8-9,11-12H2,1-3H3,(H2,21,23)(H,22,25)/b7-5+/t14?,15-,16+. The van der Waals surface area contributed by atoms with Crippen molar-refractivity contribution in [2.75, 3.05) is 25.4 Å². The molecule has 1 aromatic rings. The van der Waals surface area contributed by atoms with Crippen LogP contribution in [0.4, 0.5) is 10.6 Å². The second-order valence-corrected chi connectivity index (χ2v) is 8.31. The first-order valence-electron chi connectivity index (χ1n) is 9.38. The van der Waals surface area contributed by atoms with Gasteiger partial charge in [-0.15, -0.1) is 0 Å². The number of pyridine rings is 1. The van der Waals surface area contributed by atoms with Crippen LogP contribution in [0.15, 0.2) is 24.4 Å². The summed E-state index contributed by atoms with van der Waals surface area (Å²) < 4.78 is 5.42. The van der Waals surface area contributed by atoms with E-state index in [1.54, 1.807) is 23.2 Å². The summed E-state index contributed by atoms with van der Waals surface area (Å²) in [5.74, 6) is 2.02. The summed E-state index contributed by atoms with van der Waals surface area (Å²) in [7, 11) is 0. The summed E-state index contributed by atoms with van der Waals surface area (Å²) in [6, 6.07) is 3.51. The minimum atomic E-state index is -0.455. The number of anilines is 1. The Labute approximate surface area is 160 Å². The van der Waals surface area contributed by atoms with E-state index in [2.05, 4.69) is 10.3 Å². The number of ether oxygens (including phenoxy) is 1. The van der Waals surface area contributed by atoms with Gasteiger partial charge < -0.3 is 20.7 Å². The molecular formula is C20H28N4O3. The minimum Gasteiger partial charge on any atom is -0.444 e. The lowest BCUT2D eigenvalue weighted by atomic mass is 10.2.